The molecule has 6 nitrogen and oxygen atoms in total. The number of hydrogen-bond donors (Lipinski definition) is 1. The van der Waals surface area contributed by atoms with E-state index in [1.165, 1.54) is 18.6 Å². The van der Waals surface area contributed by atoms with Crippen molar-refractivity contribution in [3.63, 3.8) is 0 Å². The molecule has 0 amide bonds. The largest absolute Gasteiger partial charge is 0.463 e. The summed E-state index contributed by atoms with van der Waals surface area (Å²) in [4.78, 5) is 14.0. The Balaban J connectivity index is 2.64. The summed E-state index contributed by atoms with van der Waals surface area (Å²) in [6, 6.07) is -0.711. The van der Waals surface area contributed by atoms with Gasteiger partial charge in [-0.25, -0.2) is 4.79 Å². The number of aliphatic hydroxyl groups excluding tert-OH is 1. The quantitative estimate of drug-likeness (QED) is 0.263. The summed E-state index contributed by atoms with van der Waals surface area (Å²) in [6.07, 6.45) is 7.15. The number of aliphatic hydroxyl groups is 1. The summed E-state index contributed by atoms with van der Waals surface area (Å²) in [5.74, 6) is -0.354. The summed E-state index contributed by atoms with van der Waals surface area (Å²) in [5.41, 5.74) is 8.55. The molecule has 0 unspecified atom stereocenters. The van der Waals surface area contributed by atoms with Gasteiger partial charge >= 0.3 is 5.97 Å². The molecule has 1 N–H and O–H groups in total. The average molecular weight is 267 g/mol. The molecule has 0 radical (unpaired) electrons. The fourth-order valence-corrected chi connectivity index (χ4v) is 2.40. The van der Waals surface area contributed by atoms with Crippen LogP contribution >= 0.6 is 0 Å². The molecule has 0 aromatic rings. The Morgan fingerprint density at radius 1 is 1.53 bits per heavy atom. The van der Waals surface area contributed by atoms with Crippen molar-refractivity contribution >= 4 is 5.97 Å². The number of carbonyl (C=O) groups excluding carboxylic acids is 1. The standard InChI is InChI=1S/C13H21N3O3/c1-2-19-12(17)9-8-11(15-16-14)13(18)10-6-4-3-5-7-10/h8-11,13,18H,2-7H2,1H3/b9-8+/t11-,13+/m0/s1. The number of rotatable bonds is 6. The second kappa shape index (κ2) is 8.56. The van der Waals surface area contributed by atoms with Gasteiger partial charge in [0, 0.05) is 11.0 Å². The lowest BCUT2D eigenvalue weighted by Gasteiger charge is -2.28. The van der Waals surface area contributed by atoms with Gasteiger partial charge in [0.1, 0.15) is 0 Å². The Morgan fingerprint density at radius 3 is 2.79 bits per heavy atom. The van der Waals surface area contributed by atoms with Gasteiger partial charge in [-0.2, -0.15) is 0 Å². The van der Waals surface area contributed by atoms with Crippen LogP contribution in [-0.4, -0.2) is 29.8 Å². The number of esters is 1. The number of carbonyl (C=O) groups is 1. The van der Waals surface area contributed by atoms with Gasteiger partial charge in [-0.1, -0.05) is 30.5 Å². The first-order valence-corrected chi connectivity index (χ1v) is 6.76. The zero-order valence-electron chi connectivity index (χ0n) is 11.2. The highest BCUT2D eigenvalue weighted by molar-refractivity contribution is 5.82. The molecule has 0 aromatic heterocycles. The smallest absolute Gasteiger partial charge is 0.330 e. The van der Waals surface area contributed by atoms with Crippen LogP contribution in [0.3, 0.4) is 0 Å². The molecule has 1 saturated carbocycles. The predicted molar refractivity (Wildman–Crippen MR) is 71.3 cm³/mol. The molecular formula is C13H21N3O3. The lowest BCUT2D eigenvalue weighted by Crippen LogP contribution is -2.32. The summed E-state index contributed by atoms with van der Waals surface area (Å²) >= 11 is 0. The van der Waals surface area contributed by atoms with E-state index in [2.05, 4.69) is 10.0 Å². The molecule has 6 heteroatoms. The third-order valence-corrected chi connectivity index (χ3v) is 3.38. The van der Waals surface area contributed by atoms with Crippen molar-refractivity contribution in [3.05, 3.63) is 22.6 Å². The van der Waals surface area contributed by atoms with Gasteiger partial charge in [-0.05, 0) is 31.2 Å². The van der Waals surface area contributed by atoms with Gasteiger partial charge < -0.3 is 9.84 Å². The Kier molecular flexibility index (Phi) is 7.00. The van der Waals surface area contributed by atoms with E-state index >= 15 is 0 Å². The first-order chi connectivity index (χ1) is 9.19. The number of hydrogen-bond acceptors (Lipinski definition) is 4. The Morgan fingerprint density at radius 2 is 2.21 bits per heavy atom. The Bertz CT molecular complexity index is 358. The average Bonchev–Trinajstić information content (AvgIpc) is 2.44. The molecule has 19 heavy (non-hydrogen) atoms. The maximum atomic E-state index is 11.2. The number of nitrogens with zero attached hydrogens (tertiary/aromatic N) is 3. The summed E-state index contributed by atoms with van der Waals surface area (Å²) in [5, 5.41) is 13.8. The molecule has 1 rings (SSSR count). The van der Waals surface area contributed by atoms with Crippen molar-refractivity contribution in [1.82, 2.24) is 0 Å². The highest BCUT2D eigenvalue weighted by Crippen LogP contribution is 2.28. The lowest BCUT2D eigenvalue weighted by molar-refractivity contribution is -0.137. The molecule has 0 spiro atoms. The van der Waals surface area contributed by atoms with Crippen LogP contribution in [0.4, 0.5) is 0 Å². The van der Waals surface area contributed by atoms with Gasteiger partial charge in [0.15, 0.2) is 0 Å². The van der Waals surface area contributed by atoms with Crippen LogP contribution in [0.5, 0.6) is 0 Å². The first kappa shape index (κ1) is 15.5. The SMILES string of the molecule is CCOC(=O)/C=C/[C@H](N=[N+]=[N-])[C@H](O)C1CCCCC1. The number of azide groups is 1. The van der Waals surface area contributed by atoms with Crippen LogP contribution in [-0.2, 0) is 9.53 Å². The zero-order chi connectivity index (χ0) is 14.1. The van der Waals surface area contributed by atoms with E-state index in [4.69, 9.17) is 10.3 Å². The normalized spacial score (nSPS) is 19.7. The van der Waals surface area contributed by atoms with Crippen molar-refractivity contribution in [3.8, 4) is 0 Å². The predicted octanol–water partition coefficient (Wildman–Crippen LogP) is 2.73. The third kappa shape index (κ3) is 5.32. The van der Waals surface area contributed by atoms with Gasteiger partial charge in [0.25, 0.3) is 0 Å². The third-order valence-electron chi connectivity index (χ3n) is 3.38. The Hall–Kier alpha value is -1.52. The van der Waals surface area contributed by atoms with Crippen LogP contribution < -0.4 is 0 Å². The van der Waals surface area contributed by atoms with Crippen LogP contribution in [0.2, 0.25) is 0 Å². The van der Waals surface area contributed by atoms with Gasteiger partial charge in [-0.15, -0.1) is 0 Å². The van der Waals surface area contributed by atoms with Gasteiger partial charge in [0.05, 0.1) is 18.8 Å². The lowest BCUT2D eigenvalue weighted by atomic mass is 9.83. The second-order valence-electron chi connectivity index (χ2n) is 4.70. The van der Waals surface area contributed by atoms with E-state index in [9.17, 15) is 9.90 Å². The number of ether oxygens (including phenoxy) is 1. The minimum absolute atomic E-state index is 0.135. The van der Waals surface area contributed by atoms with Gasteiger partial charge in [-0.3, -0.25) is 0 Å². The second-order valence-corrected chi connectivity index (χ2v) is 4.70. The molecule has 1 aliphatic carbocycles. The highest BCUT2D eigenvalue weighted by atomic mass is 16.5. The molecular weight excluding hydrogens is 246 g/mol. The van der Waals surface area contributed by atoms with Crippen molar-refractivity contribution in [2.75, 3.05) is 6.61 Å². The van der Waals surface area contributed by atoms with Crippen molar-refractivity contribution in [1.29, 1.82) is 0 Å². The fraction of sp³-hybridized carbons (Fsp3) is 0.769. The summed E-state index contributed by atoms with van der Waals surface area (Å²) < 4.78 is 4.75. The van der Waals surface area contributed by atoms with Crippen molar-refractivity contribution in [2.45, 2.75) is 51.2 Å². The van der Waals surface area contributed by atoms with Crippen molar-refractivity contribution in [2.24, 2.45) is 11.0 Å². The Labute approximate surface area is 113 Å². The molecule has 2 atom stereocenters. The van der Waals surface area contributed by atoms with E-state index in [0.717, 1.165) is 25.7 Å². The van der Waals surface area contributed by atoms with Crippen LogP contribution in [0.1, 0.15) is 39.0 Å². The molecule has 0 bridgehead atoms. The van der Waals surface area contributed by atoms with E-state index in [1.807, 2.05) is 0 Å². The maximum Gasteiger partial charge on any atom is 0.330 e. The molecule has 0 heterocycles. The maximum absolute atomic E-state index is 11.2. The first-order valence-electron chi connectivity index (χ1n) is 6.76. The van der Waals surface area contributed by atoms with E-state index in [-0.39, 0.29) is 5.92 Å². The van der Waals surface area contributed by atoms with Gasteiger partial charge in [0.2, 0.25) is 0 Å². The molecule has 106 valence electrons. The van der Waals surface area contributed by atoms with Crippen LogP contribution in [0.25, 0.3) is 10.4 Å². The topological polar surface area (TPSA) is 95.3 Å². The highest BCUT2D eigenvalue weighted by Gasteiger charge is 2.26. The van der Waals surface area contributed by atoms with Crippen LogP contribution in [0, 0.1) is 5.92 Å². The fourth-order valence-electron chi connectivity index (χ4n) is 2.40. The molecule has 1 aliphatic rings. The minimum atomic E-state index is -0.734. The monoisotopic (exact) mass is 267 g/mol. The van der Waals surface area contributed by atoms with Crippen LogP contribution in [0.15, 0.2) is 17.3 Å². The molecule has 0 aliphatic heterocycles. The summed E-state index contributed by atoms with van der Waals surface area (Å²) in [7, 11) is 0. The zero-order valence-corrected chi connectivity index (χ0v) is 11.2. The van der Waals surface area contributed by atoms with E-state index < -0.39 is 18.1 Å². The molecule has 0 aromatic carbocycles. The minimum Gasteiger partial charge on any atom is -0.463 e. The van der Waals surface area contributed by atoms with Crippen molar-refractivity contribution < 1.29 is 14.6 Å². The molecule has 0 saturated heterocycles. The van der Waals surface area contributed by atoms with E-state index in [1.54, 1.807) is 6.92 Å². The summed E-state index contributed by atoms with van der Waals surface area (Å²) in [6.45, 7) is 2.01. The molecule has 1 fully saturated rings. The van der Waals surface area contributed by atoms with E-state index in [0.29, 0.717) is 6.61 Å².